The molecule has 0 fully saturated rings. The van der Waals surface area contributed by atoms with E-state index in [1.807, 2.05) is 42.5 Å². The van der Waals surface area contributed by atoms with Crippen molar-refractivity contribution in [1.29, 1.82) is 0 Å². The molecule has 3 N–H and O–H groups in total. The number of esters is 1. The number of dihydropyridines is 1. The highest BCUT2D eigenvalue weighted by Gasteiger charge is 2.38. The monoisotopic (exact) mass is 379 g/mol. The first-order chi connectivity index (χ1) is 13.5. The predicted octanol–water partition coefficient (Wildman–Crippen LogP) is 2.82. The number of carbonyl (C=O) groups excluding carboxylic acids is 1. The molecule has 1 atom stereocenters. The second kappa shape index (κ2) is 8.10. The Morgan fingerprint density at radius 1 is 1.04 bits per heavy atom. The zero-order valence-corrected chi connectivity index (χ0v) is 15.6. The standard InChI is InChI=1S/C22H21NO5/c1-13-18(21(25)26)19(20(22(27)28-2)17(12-24)23-13)16-11-7-6-10-15(16)14-8-4-3-5-9-14/h3-11,19,23-24H,12H2,1-2H3,(H,25,26). The van der Waals surface area contributed by atoms with E-state index in [1.54, 1.807) is 19.1 Å². The minimum Gasteiger partial charge on any atom is -0.478 e. The van der Waals surface area contributed by atoms with Crippen LogP contribution in [0.3, 0.4) is 0 Å². The summed E-state index contributed by atoms with van der Waals surface area (Å²) in [4.78, 5) is 24.7. The highest BCUT2D eigenvalue weighted by molar-refractivity contribution is 6.00. The Morgan fingerprint density at radius 2 is 1.68 bits per heavy atom. The van der Waals surface area contributed by atoms with Crippen molar-refractivity contribution in [3.8, 4) is 11.1 Å². The minimum absolute atomic E-state index is 0.0426. The molecular formula is C22H21NO5. The van der Waals surface area contributed by atoms with E-state index in [1.165, 1.54) is 7.11 Å². The van der Waals surface area contributed by atoms with Crippen LogP contribution in [0.1, 0.15) is 18.4 Å². The van der Waals surface area contributed by atoms with E-state index < -0.39 is 24.5 Å². The number of hydrogen-bond acceptors (Lipinski definition) is 5. The molecule has 1 aliphatic rings. The molecule has 2 aromatic rings. The van der Waals surface area contributed by atoms with Crippen molar-refractivity contribution in [1.82, 2.24) is 5.32 Å². The summed E-state index contributed by atoms with van der Waals surface area (Å²) in [5.41, 5.74) is 3.10. The van der Waals surface area contributed by atoms with Crippen molar-refractivity contribution in [2.45, 2.75) is 12.8 Å². The largest absolute Gasteiger partial charge is 0.478 e. The predicted molar refractivity (Wildman–Crippen MR) is 104 cm³/mol. The molecular weight excluding hydrogens is 358 g/mol. The fraction of sp³-hybridized carbons (Fsp3) is 0.182. The number of hydrogen-bond donors (Lipinski definition) is 3. The molecule has 144 valence electrons. The van der Waals surface area contributed by atoms with Crippen LogP contribution < -0.4 is 5.32 Å². The first-order valence-corrected chi connectivity index (χ1v) is 8.77. The lowest BCUT2D eigenvalue weighted by molar-refractivity contribution is -0.136. The second-order valence-corrected chi connectivity index (χ2v) is 6.40. The van der Waals surface area contributed by atoms with Crippen LogP contribution in [0.15, 0.2) is 77.1 Å². The summed E-state index contributed by atoms with van der Waals surface area (Å²) in [6.45, 7) is 1.17. The van der Waals surface area contributed by atoms with Crippen molar-refractivity contribution in [2.75, 3.05) is 13.7 Å². The third-order valence-electron chi connectivity index (χ3n) is 4.80. The highest BCUT2D eigenvalue weighted by Crippen LogP contribution is 2.42. The van der Waals surface area contributed by atoms with Gasteiger partial charge < -0.3 is 20.3 Å². The zero-order valence-electron chi connectivity index (χ0n) is 15.6. The number of methoxy groups -OCH3 is 1. The molecule has 1 aliphatic heterocycles. The van der Waals surface area contributed by atoms with Crippen LogP contribution in [-0.4, -0.2) is 35.9 Å². The van der Waals surface area contributed by atoms with Gasteiger partial charge in [-0.05, 0) is 23.6 Å². The molecule has 3 rings (SSSR count). The fourth-order valence-electron chi connectivity index (χ4n) is 3.60. The van der Waals surface area contributed by atoms with Gasteiger partial charge in [0.15, 0.2) is 0 Å². The third-order valence-corrected chi connectivity index (χ3v) is 4.80. The van der Waals surface area contributed by atoms with E-state index in [2.05, 4.69) is 5.32 Å². The first-order valence-electron chi connectivity index (χ1n) is 8.77. The minimum atomic E-state index is -1.14. The summed E-state index contributed by atoms with van der Waals surface area (Å²) < 4.78 is 4.92. The van der Waals surface area contributed by atoms with Gasteiger partial charge >= 0.3 is 11.9 Å². The Bertz CT molecular complexity index is 975. The molecule has 0 bridgehead atoms. The Labute approximate surface area is 162 Å². The lowest BCUT2D eigenvalue weighted by Gasteiger charge is -2.31. The highest BCUT2D eigenvalue weighted by atomic mass is 16.5. The topological polar surface area (TPSA) is 95.9 Å². The number of rotatable bonds is 5. The van der Waals surface area contributed by atoms with Gasteiger partial charge in [0.2, 0.25) is 0 Å². The van der Waals surface area contributed by atoms with Crippen molar-refractivity contribution in [2.24, 2.45) is 0 Å². The van der Waals surface area contributed by atoms with Crippen LogP contribution in [0.2, 0.25) is 0 Å². The van der Waals surface area contributed by atoms with Gasteiger partial charge in [0, 0.05) is 5.70 Å². The van der Waals surface area contributed by atoms with Gasteiger partial charge in [0.25, 0.3) is 0 Å². The van der Waals surface area contributed by atoms with Crippen LogP contribution in [0.25, 0.3) is 11.1 Å². The zero-order chi connectivity index (χ0) is 20.3. The van der Waals surface area contributed by atoms with Crippen LogP contribution in [0.4, 0.5) is 0 Å². The van der Waals surface area contributed by atoms with Gasteiger partial charge in [-0.25, -0.2) is 9.59 Å². The Balaban J connectivity index is 2.32. The summed E-state index contributed by atoms with van der Waals surface area (Å²) >= 11 is 0. The van der Waals surface area contributed by atoms with E-state index in [9.17, 15) is 19.8 Å². The van der Waals surface area contributed by atoms with Gasteiger partial charge in [0.1, 0.15) is 0 Å². The molecule has 28 heavy (non-hydrogen) atoms. The smallest absolute Gasteiger partial charge is 0.336 e. The Morgan fingerprint density at radius 3 is 2.29 bits per heavy atom. The van der Waals surface area contributed by atoms with Gasteiger partial charge in [-0.15, -0.1) is 0 Å². The average molecular weight is 379 g/mol. The lowest BCUT2D eigenvalue weighted by atomic mass is 9.77. The Hall–Kier alpha value is -3.38. The van der Waals surface area contributed by atoms with Crippen LogP contribution in [-0.2, 0) is 14.3 Å². The molecule has 0 radical (unpaired) electrons. The third kappa shape index (κ3) is 3.42. The molecule has 0 spiro atoms. The molecule has 2 aromatic carbocycles. The molecule has 0 saturated carbocycles. The summed E-state index contributed by atoms with van der Waals surface area (Å²) in [5.74, 6) is -2.71. The van der Waals surface area contributed by atoms with Crippen molar-refractivity contribution < 1.29 is 24.5 Å². The molecule has 0 aromatic heterocycles. The van der Waals surface area contributed by atoms with Gasteiger partial charge in [-0.2, -0.15) is 0 Å². The Kier molecular flexibility index (Phi) is 5.61. The number of carboxylic acids is 1. The summed E-state index contributed by atoms with van der Waals surface area (Å²) in [5, 5.41) is 22.5. The number of ether oxygens (including phenoxy) is 1. The maximum atomic E-state index is 12.6. The normalized spacial score (nSPS) is 16.6. The van der Waals surface area contributed by atoms with Gasteiger partial charge in [-0.1, -0.05) is 54.6 Å². The number of nitrogens with one attached hydrogen (secondary N) is 1. The number of carbonyl (C=O) groups is 2. The van der Waals surface area contributed by atoms with E-state index in [-0.39, 0.29) is 16.8 Å². The van der Waals surface area contributed by atoms with Crippen LogP contribution in [0.5, 0.6) is 0 Å². The van der Waals surface area contributed by atoms with Crippen molar-refractivity contribution in [3.05, 3.63) is 82.7 Å². The number of carboxylic acid groups (broad SMARTS) is 1. The quantitative estimate of drug-likeness (QED) is 0.692. The molecule has 6 nitrogen and oxygen atoms in total. The summed E-state index contributed by atoms with van der Waals surface area (Å²) in [7, 11) is 1.23. The maximum absolute atomic E-state index is 12.6. The fourth-order valence-corrected chi connectivity index (χ4v) is 3.60. The molecule has 0 saturated heterocycles. The maximum Gasteiger partial charge on any atom is 0.336 e. The second-order valence-electron chi connectivity index (χ2n) is 6.40. The number of aliphatic hydroxyl groups excluding tert-OH is 1. The molecule has 0 amide bonds. The molecule has 1 heterocycles. The number of benzene rings is 2. The lowest BCUT2D eigenvalue weighted by Crippen LogP contribution is -2.33. The van der Waals surface area contributed by atoms with Gasteiger partial charge in [-0.3, -0.25) is 0 Å². The molecule has 1 unspecified atom stereocenters. The average Bonchev–Trinajstić information content (AvgIpc) is 2.72. The molecule has 0 aliphatic carbocycles. The van der Waals surface area contributed by atoms with E-state index in [4.69, 9.17) is 4.74 Å². The van der Waals surface area contributed by atoms with E-state index >= 15 is 0 Å². The number of allylic oxidation sites excluding steroid dienone is 1. The summed E-state index contributed by atoms with van der Waals surface area (Å²) in [6, 6.07) is 16.9. The van der Waals surface area contributed by atoms with E-state index in [0.717, 1.165) is 11.1 Å². The first kappa shape index (κ1) is 19.4. The van der Waals surface area contributed by atoms with Gasteiger partial charge in [0.05, 0.1) is 36.5 Å². The number of aliphatic hydroxyl groups is 1. The van der Waals surface area contributed by atoms with Crippen LogP contribution in [0, 0.1) is 0 Å². The van der Waals surface area contributed by atoms with Crippen molar-refractivity contribution in [3.63, 3.8) is 0 Å². The van der Waals surface area contributed by atoms with E-state index in [0.29, 0.717) is 11.3 Å². The number of aliphatic carboxylic acids is 1. The van der Waals surface area contributed by atoms with Crippen molar-refractivity contribution >= 4 is 11.9 Å². The molecule has 6 heteroatoms. The summed E-state index contributed by atoms with van der Waals surface area (Å²) in [6.07, 6.45) is 0. The van der Waals surface area contributed by atoms with Crippen LogP contribution >= 0.6 is 0 Å². The SMILES string of the molecule is COC(=O)C1=C(CO)NC(C)=C(C(=O)O)C1c1ccccc1-c1ccccc1.